The zero-order chi connectivity index (χ0) is 8.70. The van der Waals surface area contributed by atoms with Crippen molar-refractivity contribution in [2.24, 2.45) is 5.41 Å². The maximum atomic E-state index is 10.7. The predicted octanol–water partition coefficient (Wildman–Crippen LogP) is 1.28. The summed E-state index contributed by atoms with van der Waals surface area (Å²) in [6.45, 7) is 4.10. The third-order valence-corrected chi connectivity index (χ3v) is 2.31. The Morgan fingerprint density at radius 1 is 1.45 bits per heavy atom. The van der Waals surface area contributed by atoms with Crippen molar-refractivity contribution in [3.05, 3.63) is 0 Å². The van der Waals surface area contributed by atoms with Crippen LogP contribution in [0.25, 0.3) is 0 Å². The highest BCUT2D eigenvalue weighted by Gasteiger charge is 2.55. The molecule has 64 valence electrons. The second kappa shape index (κ2) is 2.21. The van der Waals surface area contributed by atoms with Crippen molar-refractivity contribution in [3.8, 4) is 0 Å². The summed E-state index contributed by atoms with van der Waals surface area (Å²) in [5.41, 5.74) is -0.752. The van der Waals surface area contributed by atoms with Crippen molar-refractivity contribution in [3.63, 3.8) is 0 Å². The van der Waals surface area contributed by atoms with Crippen LogP contribution in [0.2, 0.25) is 0 Å². The number of carboxylic acids is 1. The van der Waals surface area contributed by atoms with Crippen molar-refractivity contribution in [1.29, 1.82) is 0 Å². The Kier molecular flexibility index (Phi) is 1.71. The van der Waals surface area contributed by atoms with Gasteiger partial charge in [0.05, 0.1) is 0 Å². The van der Waals surface area contributed by atoms with Gasteiger partial charge in [0.15, 0.2) is 5.60 Å². The number of hydrogen-bond donors (Lipinski definition) is 1. The number of carbonyl (C=O) groups is 1. The molecule has 0 aromatic heterocycles. The minimum Gasteiger partial charge on any atom is -0.479 e. The molecule has 1 aliphatic rings. The average Bonchev–Trinajstić information content (AvgIpc) is 1.81. The van der Waals surface area contributed by atoms with Crippen molar-refractivity contribution in [2.75, 3.05) is 7.11 Å². The van der Waals surface area contributed by atoms with Crippen molar-refractivity contribution in [2.45, 2.75) is 32.3 Å². The van der Waals surface area contributed by atoms with Gasteiger partial charge in [-0.15, -0.1) is 0 Å². The molecule has 0 bridgehead atoms. The van der Waals surface area contributed by atoms with Crippen LogP contribution in [0.4, 0.5) is 0 Å². The van der Waals surface area contributed by atoms with Crippen LogP contribution in [0, 0.1) is 5.41 Å². The molecule has 0 aromatic rings. The lowest BCUT2D eigenvalue weighted by atomic mass is 9.61. The first-order valence-corrected chi connectivity index (χ1v) is 3.70. The Hall–Kier alpha value is -0.570. The van der Waals surface area contributed by atoms with Crippen molar-refractivity contribution >= 4 is 5.97 Å². The molecule has 0 aromatic carbocycles. The predicted molar refractivity (Wildman–Crippen MR) is 40.4 cm³/mol. The van der Waals surface area contributed by atoms with E-state index in [-0.39, 0.29) is 5.41 Å². The highest BCUT2D eigenvalue weighted by molar-refractivity contribution is 5.79. The Balaban J connectivity index is 2.64. The van der Waals surface area contributed by atoms with Crippen molar-refractivity contribution < 1.29 is 14.6 Å². The fourth-order valence-electron chi connectivity index (χ4n) is 1.88. The summed E-state index contributed by atoms with van der Waals surface area (Å²) in [6, 6.07) is 0. The molecular formula is C8H14O3. The van der Waals surface area contributed by atoms with Gasteiger partial charge in [-0.1, -0.05) is 13.8 Å². The van der Waals surface area contributed by atoms with E-state index in [1.807, 2.05) is 13.8 Å². The summed E-state index contributed by atoms with van der Waals surface area (Å²) in [6.07, 6.45) is 1.23. The number of hydrogen-bond acceptors (Lipinski definition) is 2. The van der Waals surface area contributed by atoms with Crippen molar-refractivity contribution in [1.82, 2.24) is 0 Å². The van der Waals surface area contributed by atoms with Gasteiger partial charge in [-0.3, -0.25) is 0 Å². The topological polar surface area (TPSA) is 46.5 Å². The van der Waals surface area contributed by atoms with Crippen LogP contribution in [-0.4, -0.2) is 23.8 Å². The number of carboxylic acid groups (broad SMARTS) is 1. The van der Waals surface area contributed by atoms with E-state index < -0.39 is 11.6 Å². The van der Waals surface area contributed by atoms with Crippen LogP contribution >= 0.6 is 0 Å². The SMILES string of the molecule is COC1(C(=O)O)CC(C)(C)C1. The lowest BCUT2D eigenvalue weighted by Crippen LogP contribution is -2.55. The van der Waals surface area contributed by atoms with Crippen LogP contribution in [0.1, 0.15) is 26.7 Å². The van der Waals surface area contributed by atoms with E-state index >= 15 is 0 Å². The lowest BCUT2D eigenvalue weighted by Gasteiger charge is -2.48. The number of methoxy groups -OCH3 is 1. The first-order valence-electron chi connectivity index (χ1n) is 3.70. The van der Waals surface area contributed by atoms with Crippen LogP contribution < -0.4 is 0 Å². The standard InChI is InChI=1S/C8H14O3/c1-7(2)4-8(5-7,11-3)6(9)10/h4-5H2,1-3H3,(H,9,10). The van der Waals surface area contributed by atoms with Gasteiger partial charge in [0.1, 0.15) is 0 Å². The molecule has 1 saturated carbocycles. The quantitative estimate of drug-likeness (QED) is 0.658. The molecule has 1 N–H and O–H groups in total. The summed E-state index contributed by atoms with van der Waals surface area (Å²) in [7, 11) is 1.46. The fraction of sp³-hybridized carbons (Fsp3) is 0.875. The van der Waals surface area contributed by atoms with E-state index in [2.05, 4.69) is 0 Å². The Labute approximate surface area is 66.4 Å². The van der Waals surface area contributed by atoms with Gasteiger partial charge in [-0.2, -0.15) is 0 Å². The lowest BCUT2D eigenvalue weighted by molar-refractivity contribution is -0.190. The first-order chi connectivity index (χ1) is 4.92. The van der Waals surface area contributed by atoms with Gasteiger partial charge in [-0.25, -0.2) is 4.79 Å². The molecule has 1 rings (SSSR count). The molecule has 0 unspecified atom stereocenters. The van der Waals surface area contributed by atoms with E-state index in [1.165, 1.54) is 7.11 Å². The van der Waals surface area contributed by atoms with Gasteiger partial charge in [-0.05, 0) is 18.3 Å². The summed E-state index contributed by atoms with van der Waals surface area (Å²) in [5.74, 6) is -0.834. The highest BCUT2D eigenvalue weighted by atomic mass is 16.5. The monoisotopic (exact) mass is 158 g/mol. The molecule has 3 heteroatoms. The molecular weight excluding hydrogens is 144 g/mol. The first kappa shape index (κ1) is 8.53. The fourth-order valence-corrected chi connectivity index (χ4v) is 1.88. The summed E-state index contributed by atoms with van der Waals surface area (Å²) in [4.78, 5) is 10.7. The van der Waals surface area contributed by atoms with E-state index in [9.17, 15) is 4.79 Å². The molecule has 1 aliphatic carbocycles. The molecule has 0 radical (unpaired) electrons. The summed E-state index contributed by atoms with van der Waals surface area (Å²) < 4.78 is 4.97. The zero-order valence-corrected chi connectivity index (χ0v) is 7.18. The minimum absolute atomic E-state index is 0.133. The Morgan fingerprint density at radius 3 is 2.00 bits per heavy atom. The molecule has 0 heterocycles. The number of rotatable bonds is 2. The molecule has 0 saturated heterocycles. The maximum absolute atomic E-state index is 10.7. The second-order valence-electron chi connectivity index (χ2n) is 4.02. The van der Waals surface area contributed by atoms with Crippen LogP contribution in [0.15, 0.2) is 0 Å². The molecule has 11 heavy (non-hydrogen) atoms. The number of aliphatic carboxylic acids is 1. The normalized spacial score (nSPS) is 25.7. The van der Waals surface area contributed by atoms with Crippen LogP contribution in [-0.2, 0) is 9.53 Å². The molecule has 3 nitrogen and oxygen atoms in total. The molecule has 1 fully saturated rings. The van der Waals surface area contributed by atoms with E-state index in [4.69, 9.17) is 9.84 Å². The Morgan fingerprint density at radius 2 is 1.91 bits per heavy atom. The highest BCUT2D eigenvalue weighted by Crippen LogP contribution is 2.49. The van der Waals surface area contributed by atoms with Gasteiger partial charge >= 0.3 is 5.97 Å². The smallest absolute Gasteiger partial charge is 0.335 e. The molecule has 0 spiro atoms. The van der Waals surface area contributed by atoms with E-state index in [0.717, 1.165) is 0 Å². The molecule has 0 atom stereocenters. The largest absolute Gasteiger partial charge is 0.479 e. The third-order valence-electron chi connectivity index (χ3n) is 2.31. The second-order valence-corrected chi connectivity index (χ2v) is 4.02. The molecule has 0 aliphatic heterocycles. The van der Waals surface area contributed by atoms with E-state index in [1.54, 1.807) is 0 Å². The summed E-state index contributed by atoms with van der Waals surface area (Å²) in [5, 5.41) is 8.79. The Bertz CT molecular complexity index is 176. The number of ether oxygens (including phenoxy) is 1. The molecule has 0 amide bonds. The van der Waals surface area contributed by atoms with Gasteiger partial charge in [0, 0.05) is 7.11 Å². The van der Waals surface area contributed by atoms with Crippen LogP contribution in [0.3, 0.4) is 0 Å². The van der Waals surface area contributed by atoms with Gasteiger partial charge in [0.25, 0.3) is 0 Å². The third kappa shape index (κ3) is 1.25. The van der Waals surface area contributed by atoms with Gasteiger partial charge < -0.3 is 9.84 Å². The van der Waals surface area contributed by atoms with Crippen LogP contribution in [0.5, 0.6) is 0 Å². The van der Waals surface area contributed by atoms with Gasteiger partial charge in [0.2, 0.25) is 0 Å². The maximum Gasteiger partial charge on any atom is 0.335 e. The minimum atomic E-state index is -0.885. The van der Waals surface area contributed by atoms with E-state index in [0.29, 0.717) is 12.8 Å². The summed E-state index contributed by atoms with van der Waals surface area (Å²) >= 11 is 0. The zero-order valence-electron chi connectivity index (χ0n) is 7.18. The average molecular weight is 158 g/mol.